The molecule has 0 unspecified atom stereocenters. The number of aromatic nitrogens is 2. The highest BCUT2D eigenvalue weighted by molar-refractivity contribution is 5.54. The standard InChI is InChI=1S/C17H13FN2O2/c1-21-15-8-4-5-11-9-14-17(22-16(11)15)19-10-20(14)13-7-3-2-6-12(13)18/h2-8,10H,9H2,1H3. The second kappa shape index (κ2) is 4.87. The maximum Gasteiger partial charge on any atom is 0.241 e. The molecule has 0 atom stereocenters. The molecule has 0 bridgehead atoms. The lowest BCUT2D eigenvalue weighted by Gasteiger charge is -2.20. The minimum absolute atomic E-state index is 0.292. The van der Waals surface area contributed by atoms with Gasteiger partial charge in [-0.15, -0.1) is 0 Å². The SMILES string of the molecule is COc1cccc2c1Oc1ncn(-c3ccccc3F)c1C2. The summed E-state index contributed by atoms with van der Waals surface area (Å²) in [7, 11) is 1.60. The maximum atomic E-state index is 14.0. The Morgan fingerprint density at radius 3 is 2.86 bits per heavy atom. The molecule has 1 aliphatic heterocycles. The molecule has 0 radical (unpaired) electrons. The monoisotopic (exact) mass is 296 g/mol. The normalized spacial score (nSPS) is 12.3. The average molecular weight is 296 g/mol. The number of methoxy groups -OCH3 is 1. The van der Waals surface area contributed by atoms with E-state index in [1.54, 1.807) is 36.2 Å². The Morgan fingerprint density at radius 1 is 1.18 bits per heavy atom. The number of benzene rings is 2. The summed E-state index contributed by atoms with van der Waals surface area (Å²) in [4.78, 5) is 4.27. The fourth-order valence-electron chi connectivity index (χ4n) is 2.71. The van der Waals surface area contributed by atoms with Gasteiger partial charge >= 0.3 is 0 Å². The van der Waals surface area contributed by atoms with E-state index in [1.807, 2.05) is 18.2 Å². The summed E-state index contributed by atoms with van der Waals surface area (Å²) in [6, 6.07) is 12.3. The van der Waals surface area contributed by atoms with Crippen molar-refractivity contribution in [3.8, 4) is 23.1 Å². The number of halogens is 1. The van der Waals surface area contributed by atoms with Crippen LogP contribution in [0.25, 0.3) is 5.69 Å². The largest absolute Gasteiger partial charge is 0.493 e. The fraction of sp³-hybridized carbons (Fsp3) is 0.118. The smallest absolute Gasteiger partial charge is 0.241 e. The van der Waals surface area contributed by atoms with E-state index in [1.165, 1.54) is 6.07 Å². The molecule has 2 heterocycles. The van der Waals surface area contributed by atoms with Gasteiger partial charge in [-0.1, -0.05) is 24.3 Å². The second-order valence-electron chi connectivity index (χ2n) is 5.05. The number of fused-ring (bicyclic) bond motifs is 2. The van der Waals surface area contributed by atoms with E-state index < -0.39 is 0 Å². The molecule has 2 aromatic carbocycles. The van der Waals surface area contributed by atoms with E-state index in [0.717, 1.165) is 11.3 Å². The van der Waals surface area contributed by atoms with Crippen LogP contribution in [0.1, 0.15) is 11.3 Å². The van der Waals surface area contributed by atoms with Crippen molar-refractivity contribution in [2.24, 2.45) is 0 Å². The van der Waals surface area contributed by atoms with E-state index in [4.69, 9.17) is 9.47 Å². The first-order chi connectivity index (χ1) is 10.8. The number of nitrogens with zero attached hydrogens (tertiary/aromatic N) is 2. The van der Waals surface area contributed by atoms with Crippen molar-refractivity contribution in [3.63, 3.8) is 0 Å². The maximum absolute atomic E-state index is 14.0. The van der Waals surface area contributed by atoms with Gasteiger partial charge in [0.05, 0.1) is 18.5 Å². The molecular formula is C17H13FN2O2. The van der Waals surface area contributed by atoms with Crippen LogP contribution in [0.3, 0.4) is 0 Å². The Hall–Kier alpha value is -2.82. The summed E-state index contributed by atoms with van der Waals surface area (Å²) >= 11 is 0. The third-order valence-electron chi connectivity index (χ3n) is 3.78. The Labute approximate surface area is 126 Å². The highest BCUT2D eigenvalue weighted by atomic mass is 19.1. The Bertz CT molecular complexity index is 858. The Morgan fingerprint density at radius 2 is 2.05 bits per heavy atom. The van der Waals surface area contributed by atoms with Gasteiger partial charge in [-0.05, 0) is 18.2 Å². The van der Waals surface area contributed by atoms with Gasteiger partial charge in [-0.2, -0.15) is 0 Å². The molecule has 22 heavy (non-hydrogen) atoms. The second-order valence-corrected chi connectivity index (χ2v) is 5.05. The minimum Gasteiger partial charge on any atom is -0.493 e. The van der Waals surface area contributed by atoms with Gasteiger partial charge < -0.3 is 9.47 Å². The van der Waals surface area contributed by atoms with E-state index in [2.05, 4.69) is 4.98 Å². The Kier molecular flexibility index (Phi) is 2.85. The van der Waals surface area contributed by atoms with Gasteiger partial charge in [0.15, 0.2) is 11.5 Å². The highest BCUT2D eigenvalue weighted by Crippen LogP contribution is 2.42. The summed E-state index contributed by atoms with van der Waals surface area (Å²) in [5.41, 5.74) is 2.28. The van der Waals surface area contributed by atoms with E-state index in [-0.39, 0.29) is 5.82 Å². The molecular weight excluding hydrogens is 283 g/mol. The summed E-state index contributed by atoms with van der Waals surface area (Å²) in [5.74, 6) is 1.54. The predicted octanol–water partition coefficient (Wildman–Crippen LogP) is 3.72. The molecule has 0 amide bonds. The molecule has 110 valence electrons. The van der Waals surface area contributed by atoms with Crippen LogP contribution in [0.5, 0.6) is 17.4 Å². The number of para-hydroxylation sites is 2. The summed E-state index contributed by atoms with van der Waals surface area (Å²) < 4.78 is 26.9. The van der Waals surface area contributed by atoms with Crippen molar-refractivity contribution in [2.75, 3.05) is 7.11 Å². The molecule has 4 rings (SSSR count). The van der Waals surface area contributed by atoms with Crippen molar-refractivity contribution in [2.45, 2.75) is 6.42 Å². The molecule has 0 saturated carbocycles. The lowest BCUT2D eigenvalue weighted by atomic mass is 10.1. The van der Waals surface area contributed by atoms with Gasteiger partial charge in [0.2, 0.25) is 5.88 Å². The first-order valence-electron chi connectivity index (χ1n) is 6.93. The van der Waals surface area contributed by atoms with Gasteiger partial charge in [0.1, 0.15) is 12.1 Å². The van der Waals surface area contributed by atoms with Crippen LogP contribution in [-0.4, -0.2) is 16.7 Å². The third kappa shape index (κ3) is 1.86. The fourth-order valence-corrected chi connectivity index (χ4v) is 2.71. The van der Waals surface area contributed by atoms with Crippen molar-refractivity contribution in [3.05, 3.63) is 65.9 Å². The van der Waals surface area contributed by atoms with E-state index >= 15 is 0 Å². The lowest BCUT2D eigenvalue weighted by molar-refractivity contribution is 0.366. The van der Waals surface area contributed by atoms with Crippen LogP contribution in [0.4, 0.5) is 4.39 Å². The van der Waals surface area contributed by atoms with Gasteiger partial charge in [0, 0.05) is 12.0 Å². The predicted molar refractivity (Wildman–Crippen MR) is 79.4 cm³/mol. The molecule has 4 nitrogen and oxygen atoms in total. The van der Waals surface area contributed by atoms with Crippen LogP contribution in [0, 0.1) is 5.82 Å². The number of ether oxygens (including phenoxy) is 2. The molecule has 0 fully saturated rings. The number of hydrogen-bond donors (Lipinski definition) is 0. The molecule has 0 saturated heterocycles. The van der Waals surface area contributed by atoms with E-state index in [9.17, 15) is 4.39 Å². The minimum atomic E-state index is -0.292. The summed E-state index contributed by atoms with van der Waals surface area (Å²) in [6.07, 6.45) is 2.19. The van der Waals surface area contributed by atoms with Crippen LogP contribution >= 0.6 is 0 Å². The average Bonchev–Trinajstić information content (AvgIpc) is 2.95. The molecule has 1 aliphatic rings. The van der Waals surface area contributed by atoms with Gasteiger partial charge in [-0.3, -0.25) is 4.57 Å². The number of rotatable bonds is 2. The van der Waals surface area contributed by atoms with Crippen molar-refractivity contribution >= 4 is 0 Å². The van der Waals surface area contributed by atoms with Gasteiger partial charge in [-0.25, -0.2) is 9.37 Å². The topological polar surface area (TPSA) is 36.3 Å². The van der Waals surface area contributed by atoms with Gasteiger partial charge in [0.25, 0.3) is 0 Å². The first-order valence-corrected chi connectivity index (χ1v) is 6.93. The molecule has 0 spiro atoms. The number of hydrogen-bond acceptors (Lipinski definition) is 3. The zero-order valence-electron chi connectivity index (χ0n) is 11.9. The Balaban J connectivity index is 1.82. The highest BCUT2D eigenvalue weighted by Gasteiger charge is 2.25. The number of imidazole rings is 1. The van der Waals surface area contributed by atoms with Crippen LogP contribution < -0.4 is 9.47 Å². The summed E-state index contributed by atoms with van der Waals surface area (Å²) in [6.45, 7) is 0. The van der Waals surface area contributed by atoms with Crippen molar-refractivity contribution < 1.29 is 13.9 Å². The van der Waals surface area contributed by atoms with E-state index in [0.29, 0.717) is 29.5 Å². The van der Waals surface area contributed by atoms with Crippen molar-refractivity contribution in [1.82, 2.24) is 9.55 Å². The molecule has 0 N–H and O–H groups in total. The van der Waals surface area contributed by atoms with Crippen LogP contribution in [0.2, 0.25) is 0 Å². The molecule has 0 aliphatic carbocycles. The zero-order chi connectivity index (χ0) is 15.1. The van der Waals surface area contributed by atoms with Crippen LogP contribution in [-0.2, 0) is 6.42 Å². The summed E-state index contributed by atoms with van der Waals surface area (Å²) in [5, 5.41) is 0. The third-order valence-corrected chi connectivity index (χ3v) is 3.78. The molecule has 3 aromatic rings. The van der Waals surface area contributed by atoms with Crippen LogP contribution in [0.15, 0.2) is 48.8 Å². The zero-order valence-corrected chi connectivity index (χ0v) is 11.9. The molecule has 1 aromatic heterocycles. The lowest BCUT2D eigenvalue weighted by Crippen LogP contribution is -2.08. The first kappa shape index (κ1) is 12.9. The molecule has 5 heteroatoms. The van der Waals surface area contributed by atoms with Crippen molar-refractivity contribution in [1.29, 1.82) is 0 Å². The quantitative estimate of drug-likeness (QED) is 0.565.